The SMILES string of the molecule is CC(C)c1c(F)cc(F)cc1F.CC(C)c1cc(Cl)c(F)cc1F.CC(C)c1ccc(F)c(Cl)c1F.CC(C)c1ccc(F)c(F)c1F.COc1c(F)ccc(C(C)C)c1F.Cc1cc(C(C)C)cc(F)c1F. The van der Waals surface area contributed by atoms with E-state index in [0.717, 1.165) is 17.7 Å². The molecule has 17 heteroatoms. The number of aryl methyl sites for hydroxylation is 1. The van der Waals surface area contributed by atoms with Crippen molar-refractivity contribution in [2.24, 2.45) is 0 Å². The molecule has 0 saturated heterocycles. The van der Waals surface area contributed by atoms with Gasteiger partial charge in [-0.15, -0.1) is 0 Å². The van der Waals surface area contributed by atoms with Crippen molar-refractivity contribution in [3.63, 3.8) is 0 Å². The second-order valence-electron chi connectivity index (χ2n) is 18.1. The van der Waals surface area contributed by atoms with E-state index >= 15 is 0 Å². The van der Waals surface area contributed by atoms with Gasteiger partial charge < -0.3 is 4.74 Å². The number of halogens is 16. The first-order valence-corrected chi connectivity index (χ1v) is 23.5. The number of rotatable bonds is 7. The highest BCUT2D eigenvalue weighted by molar-refractivity contribution is 6.31. The number of hydrogen-bond acceptors (Lipinski definition) is 1. The summed E-state index contributed by atoms with van der Waals surface area (Å²) in [5, 5.41) is -0.443. The zero-order chi connectivity index (χ0) is 56.5. The average molecular weight is 1090 g/mol. The molecule has 0 fully saturated rings. The van der Waals surface area contributed by atoms with E-state index in [4.69, 9.17) is 23.2 Å². The van der Waals surface area contributed by atoms with Gasteiger partial charge in [0.05, 0.1) is 12.1 Å². The zero-order valence-corrected chi connectivity index (χ0v) is 44.4. The maximum Gasteiger partial charge on any atom is 0.194 e. The molecule has 0 radical (unpaired) electrons. The molecule has 402 valence electrons. The maximum absolute atomic E-state index is 13.4. The van der Waals surface area contributed by atoms with Gasteiger partial charge in [-0.3, -0.25) is 0 Å². The van der Waals surface area contributed by atoms with Gasteiger partial charge in [-0.1, -0.05) is 131 Å². The first-order valence-electron chi connectivity index (χ1n) is 22.7. The molecule has 6 aromatic carbocycles. The van der Waals surface area contributed by atoms with Crippen LogP contribution in [0, 0.1) is 88.4 Å². The fourth-order valence-electron chi connectivity index (χ4n) is 6.33. The van der Waals surface area contributed by atoms with Crippen LogP contribution in [0.3, 0.4) is 0 Å². The van der Waals surface area contributed by atoms with E-state index in [-0.39, 0.29) is 57.4 Å². The molecule has 0 atom stereocenters. The Balaban J connectivity index is 0.000000438. The Hall–Kier alpha value is -5.28. The molecule has 0 aliphatic rings. The summed E-state index contributed by atoms with van der Waals surface area (Å²) in [6.45, 7) is 23.2. The summed E-state index contributed by atoms with van der Waals surface area (Å²) in [5.41, 5.74) is 2.72. The van der Waals surface area contributed by atoms with E-state index < -0.39 is 86.5 Å². The predicted molar refractivity (Wildman–Crippen MR) is 264 cm³/mol. The minimum atomic E-state index is -1.39. The Bertz CT molecular complexity index is 2620. The first-order chi connectivity index (χ1) is 33.7. The first kappa shape index (κ1) is 65.7. The second kappa shape index (κ2) is 30.2. The lowest BCUT2D eigenvalue weighted by atomic mass is 10.0. The third-order valence-corrected chi connectivity index (χ3v) is 11.1. The summed E-state index contributed by atoms with van der Waals surface area (Å²) in [6, 6.07) is 13.9. The van der Waals surface area contributed by atoms with Crippen molar-refractivity contribution in [1.82, 2.24) is 0 Å². The van der Waals surface area contributed by atoms with Crippen molar-refractivity contribution in [3.05, 3.63) is 203 Å². The lowest BCUT2D eigenvalue weighted by Crippen LogP contribution is -1.99. The fourth-order valence-corrected chi connectivity index (χ4v) is 6.67. The highest BCUT2D eigenvalue weighted by atomic mass is 35.5. The van der Waals surface area contributed by atoms with Gasteiger partial charge in [0, 0.05) is 23.8 Å². The third kappa shape index (κ3) is 19.5. The van der Waals surface area contributed by atoms with Gasteiger partial charge in [-0.25, -0.2) is 61.5 Å². The van der Waals surface area contributed by atoms with Crippen LogP contribution < -0.4 is 4.74 Å². The Kier molecular flexibility index (Phi) is 27.2. The van der Waals surface area contributed by atoms with Crippen molar-refractivity contribution < 1.29 is 66.2 Å². The van der Waals surface area contributed by atoms with Crippen LogP contribution in [0.15, 0.2) is 72.8 Å². The lowest BCUT2D eigenvalue weighted by Gasteiger charge is -2.10. The van der Waals surface area contributed by atoms with Gasteiger partial charge in [-0.2, -0.15) is 0 Å². The van der Waals surface area contributed by atoms with Gasteiger partial charge in [0.1, 0.15) is 45.7 Å². The largest absolute Gasteiger partial charge is 0.491 e. The van der Waals surface area contributed by atoms with Crippen LogP contribution >= 0.6 is 23.2 Å². The van der Waals surface area contributed by atoms with Crippen LogP contribution in [-0.2, 0) is 0 Å². The normalized spacial score (nSPS) is 10.8. The quantitative estimate of drug-likeness (QED) is 0.0879. The molecular formula is C56H60Cl2F14O. The van der Waals surface area contributed by atoms with E-state index in [1.165, 1.54) is 49.6 Å². The highest BCUT2D eigenvalue weighted by Gasteiger charge is 2.18. The molecule has 6 aromatic rings. The van der Waals surface area contributed by atoms with Gasteiger partial charge in [0.25, 0.3) is 0 Å². The van der Waals surface area contributed by atoms with E-state index in [1.807, 2.05) is 55.4 Å². The van der Waals surface area contributed by atoms with Crippen molar-refractivity contribution in [1.29, 1.82) is 0 Å². The molecule has 0 unspecified atom stereocenters. The van der Waals surface area contributed by atoms with E-state index in [0.29, 0.717) is 34.4 Å². The molecule has 0 aromatic heterocycles. The van der Waals surface area contributed by atoms with Crippen LogP contribution in [0.1, 0.15) is 158 Å². The topological polar surface area (TPSA) is 9.23 Å². The summed E-state index contributed by atoms with van der Waals surface area (Å²) < 4.78 is 184. The van der Waals surface area contributed by atoms with Crippen LogP contribution in [0.2, 0.25) is 10.0 Å². The molecule has 0 heterocycles. The van der Waals surface area contributed by atoms with Crippen LogP contribution in [0.5, 0.6) is 5.75 Å². The summed E-state index contributed by atoms with van der Waals surface area (Å²) in [5.74, 6) is -11.9. The van der Waals surface area contributed by atoms with Crippen molar-refractivity contribution in [3.8, 4) is 5.75 Å². The minimum absolute atomic E-state index is 0.0168. The lowest BCUT2D eigenvalue weighted by molar-refractivity contribution is 0.356. The Morgan fingerprint density at radius 1 is 0.356 bits per heavy atom. The minimum Gasteiger partial charge on any atom is -0.491 e. The van der Waals surface area contributed by atoms with E-state index in [1.54, 1.807) is 40.7 Å². The molecule has 0 aliphatic heterocycles. The molecule has 0 bridgehead atoms. The molecule has 0 spiro atoms. The van der Waals surface area contributed by atoms with Gasteiger partial charge in [0.2, 0.25) is 0 Å². The molecule has 0 saturated carbocycles. The number of ether oxygens (including phenoxy) is 1. The van der Waals surface area contributed by atoms with Crippen LogP contribution in [0.25, 0.3) is 0 Å². The molecular weight excluding hydrogens is 1030 g/mol. The van der Waals surface area contributed by atoms with Crippen LogP contribution in [-0.4, -0.2) is 7.11 Å². The van der Waals surface area contributed by atoms with Crippen molar-refractivity contribution >= 4 is 23.2 Å². The highest BCUT2D eigenvalue weighted by Crippen LogP contribution is 2.30. The molecule has 6 rings (SSSR count). The van der Waals surface area contributed by atoms with Crippen molar-refractivity contribution in [2.75, 3.05) is 7.11 Å². The molecule has 73 heavy (non-hydrogen) atoms. The van der Waals surface area contributed by atoms with Gasteiger partial charge in [-0.05, 0) is 106 Å². The van der Waals surface area contributed by atoms with Gasteiger partial charge >= 0.3 is 0 Å². The average Bonchev–Trinajstić information content (AvgIpc) is 3.28. The zero-order valence-electron chi connectivity index (χ0n) is 42.8. The van der Waals surface area contributed by atoms with Crippen molar-refractivity contribution in [2.45, 2.75) is 126 Å². The van der Waals surface area contributed by atoms with E-state index in [2.05, 4.69) is 4.74 Å². The fraction of sp³-hybridized carbons (Fsp3) is 0.357. The summed E-state index contributed by atoms with van der Waals surface area (Å²) in [4.78, 5) is 0. The Labute approximate surface area is 429 Å². The summed E-state index contributed by atoms with van der Waals surface area (Å²) in [6.07, 6.45) is 0. The molecule has 1 nitrogen and oxygen atoms in total. The molecule has 0 N–H and O–H groups in total. The smallest absolute Gasteiger partial charge is 0.194 e. The molecule has 0 amide bonds. The summed E-state index contributed by atoms with van der Waals surface area (Å²) in [7, 11) is 1.26. The van der Waals surface area contributed by atoms with Gasteiger partial charge in [0.15, 0.2) is 46.5 Å². The second-order valence-corrected chi connectivity index (χ2v) is 18.9. The van der Waals surface area contributed by atoms with E-state index in [9.17, 15) is 61.5 Å². The summed E-state index contributed by atoms with van der Waals surface area (Å²) >= 11 is 10.9. The molecule has 0 aliphatic carbocycles. The Morgan fingerprint density at radius 3 is 1.22 bits per heavy atom. The number of methoxy groups -OCH3 is 1. The number of hydrogen-bond donors (Lipinski definition) is 0. The third-order valence-electron chi connectivity index (χ3n) is 10.5. The standard InChI is InChI=1S/C10H12F2O.C10H12F2.2C9H9ClF2.2C9H9F3/c1-6(2)7-4-5-8(11)10(13-3)9(7)12;1-6(2)8-4-7(3)10(12)9(11)5-8;1-5(2)6-3-7(10)9(12)4-8(6)11;1-5(2)6-3-4-7(11)8(10)9(6)12;1-5(2)9-7(11)3-6(10)4-8(9)12;1-5(2)6-3-4-7(10)9(12)8(6)11/h4-6H,1-3H3;4-6H,1-3H3;4*3-5H,1-2H3. The maximum atomic E-state index is 13.4. The Morgan fingerprint density at radius 2 is 0.795 bits per heavy atom. The predicted octanol–water partition coefficient (Wildman–Crippen LogP) is 20.4. The number of benzene rings is 6. The monoisotopic (exact) mass is 1080 g/mol. The van der Waals surface area contributed by atoms with Crippen LogP contribution in [0.4, 0.5) is 61.5 Å².